The number of nitrogens with one attached hydrogen (secondary N) is 1. The number of aliphatic imine (C=N–C) groups is 1. The number of carbonyl (C=O) groups excluding carboxylic acids is 1. The third kappa shape index (κ3) is 3.85. The van der Waals surface area contributed by atoms with E-state index in [2.05, 4.69) is 10.3 Å². The van der Waals surface area contributed by atoms with Crippen molar-refractivity contribution in [2.45, 2.75) is 25.9 Å². The standard InChI is InChI=1S/C18H22F3N5O2/c1-10(15(22)12-3-2-11(6-13(12)27)18(19,20)21)25-16(23)26-5-4-17(9-26)7-14(28)24-8-17/h2-3,6,27H,4-5,7-9,22H2,1H3,(H2,23,25)(H,24,28)/b15-10-. The van der Waals surface area contributed by atoms with Crippen molar-refractivity contribution in [2.75, 3.05) is 19.6 Å². The maximum atomic E-state index is 12.7. The molecule has 1 aromatic rings. The number of amides is 1. The Morgan fingerprint density at radius 3 is 2.64 bits per heavy atom. The Hall–Kier alpha value is -2.91. The van der Waals surface area contributed by atoms with Crippen LogP contribution in [0.25, 0.3) is 5.70 Å². The highest BCUT2D eigenvalue weighted by atomic mass is 19.4. The Morgan fingerprint density at radius 1 is 1.36 bits per heavy atom. The summed E-state index contributed by atoms with van der Waals surface area (Å²) in [4.78, 5) is 17.6. The van der Waals surface area contributed by atoms with Crippen molar-refractivity contribution in [3.8, 4) is 5.75 Å². The average molecular weight is 397 g/mol. The zero-order valence-corrected chi connectivity index (χ0v) is 15.3. The monoisotopic (exact) mass is 397 g/mol. The molecule has 1 atom stereocenters. The molecule has 2 aliphatic rings. The van der Waals surface area contributed by atoms with Gasteiger partial charge < -0.3 is 26.8 Å². The lowest BCUT2D eigenvalue weighted by Crippen LogP contribution is -2.38. The molecule has 0 bridgehead atoms. The Morgan fingerprint density at radius 2 is 2.07 bits per heavy atom. The minimum atomic E-state index is -4.56. The highest BCUT2D eigenvalue weighted by Gasteiger charge is 2.44. The first-order valence-electron chi connectivity index (χ1n) is 8.73. The summed E-state index contributed by atoms with van der Waals surface area (Å²) in [7, 11) is 0. The number of allylic oxidation sites excluding steroid dienone is 1. The topological polar surface area (TPSA) is 117 Å². The number of hydrogen-bond acceptors (Lipinski definition) is 4. The highest BCUT2D eigenvalue weighted by Crippen LogP contribution is 2.37. The minimum absolute atomic E-state index is 0.0236. The molecule has 1 spiro atoms. The number of nitrogens with two attached hydrogens (primary N) is 2. The van der Waals surface area contributed by atoms with Gasteiger partial charge in [0.1, 0.15) is 5.75 Å². The van der Waals surface area contributed by atoms with Crippen molar-refractivity contribution in [3.63, 3.8) is 0 Å². The van der Waals surface area contributed by atoms with Crippen LogP contribution in [0.5, 0.6) is 5.75 Å². The van der Waals surface area contributed by atoms with Crippen molar-refractivity contribution >= 4 is 17.6 Å². The lowest BCUT2D eigenvalue weighted by molar-refractivity contribution is -0.137. The Bertz CT molecular complexity index is 865. The molecular formula is C18H22F3N5O2. The van der Waals surface area contributed by atoms with E-state index >= 15 is 0 Å². The van der Waals surface area contributed by atoms with Crippen LogP contribution < -0.4 is 16.8 Å². The molecule has 2 aliphatic heterocycles. The Kier molecular flexibility index (Phi) is 4.90. The van der Waals surface area contributed by atoms with Gasteiger partial charge in [0.2, 0.25) is 5.91 Å². The highest BCUT2D eigenvalue weighted by molar-refractivity contribution is 5.83. The van der Waals surface area contributed by atoms with Crippen LogP contribution in [0.4, 0.5) is 13.2 Å². The van der Waals surface area contributed by atoms with Gasteiger partial charge in [-0.15, -0.1) is 0 Å². The van der Waals surface area contributed by atoms with Crippen molar-refractivity contribution in [1.82, 2.24) is 10.2 Å². The van der Waals surface area contributed by atoms with Gasteiger partial charge in [-0.1, -0.05) is 0 Å². The van der Waals surface area contributed by atoms with Gasteiger partial charge in [-0.2, -0.15) is 13.2 Å². The summed E-state index contributed by atoms with van der Waals surface area (Å²) in [6, 6.07) is 2.57. The molecule has 152 valence electrons. The quantitative estimate of drug-likeness (QED) is 0.447. The van der Waals surface area contributed by atoms with Crippen LogP contribution in [0.15, 0.2) is 28.9 Å². The van der Waals surface area contributed by atoms with Gasteiger partial charge in [0.25, 0.3) is 0 Å². The molecule has 6 N–H and O–H groups in total. The number of hydrogen-bond donors (Lipinski definition) is 4. The molecule has 10 heteroatoms. The first-order chi connectivity index (χ1) is 13.0. The van der Waals surface area contributed by atoms with E-state index in [4.69, 9.17) is 11.5 Å². The summed E-state index contributed by atoms with van der Waals surface area (Å²) < 4.78 is 38.2. The first kappa shape index (κ1) is 19.8. The van der Waals surface area contributed by atoms with Gasteiger partial charge in [0.15, 0.2) is 5.96 Å². The zero-order chi connectivity index (χ0) is 20.7. The molecule has 0 saturated carbocycles. The van der Waals surface area contributed by atoms with E-state index in [9.17, 15) is 23.1 Å². The smallest absolute Gasteiger partial charge is 0.416 e. The number of phenols is 1. The van der Waals surface area contributed by atoms with Gasteiger partial charge in [-0.25, -0.2) is 4.99 Å². The van der Waals surface area contributed by atoms with E-state index in [1.165, 1.54) is 0 Å². The van der Waals surface area contributed by atoms with E-state index in [1.807, 2.05) is 4.90 Å². The number of halogens is 3. The fourth-order valence-electron chi connectivity index (χ4n) is 3.60. The predicted octanol–water partition coefficient (Wildman–Crippen LogP) is 1.58. The number of rotatable bonds is 2. The zero-order valence-electron chi connectivity index (χ0n) is 15.3. The molecule has 0 radical (unpaired) electrons. The maximum absolute atomic E-state index is 12.7. The summed E-state index contributed by atoms with van der Waals surface area (Å²) in [5, 5.41) is 12.8. The van der Waals surface area contributed by atoms with Gasteiger partial charge in [-0.05, 0) is 31.5 Å². The predicted molar refractivity (Wildman–Crippen MR) is 97.8 cm³/mol. The lowest BCUT2D eigenvalue weighted by atomic mass is 9.86. The summed E-state index contributed by atoms with van der Waals surface area (Å²) in [6.07, 6.45) is -3.30. The number of phenolic OH excluding ortho intramolecular Hbond substituents is 1. The van der Waals surface area contributed by atoms with Crippen molar-refractivity contribution in [2.24, 2.45) is 21.9 Å². The van der Waals surface area contributed by atoms with Gasteiger partial charge in [-0.3, -0.25) is 4.79 Å². The largest absolute Gasteiger partial charge is 0.507 e. The van der Waals surface area contributed by atoms with Crippen LogP contribution in [0.3, 0.4) is 0 Å². The van der Waals surface area contributed by atoms with Crippen molar-refractivity contribution < 1.29 is 23.1 Å². The molecule has 0 aliphatic carbocycles. The molecule has 0 aromatic heterocycles. The van der Waals surface area contributed by atoms with E-state index in [-0.39, 0.29) is 34.2 Å². The van der Waals surface area contributed by atoms with Crippen LogP contribution >= 0.6 is 0 Å². The summed E-state index contributed by atoms with van der Waals surface area (Å²) in [5.41, 5.74) is 11.3. The third-order valence-corrected chi connectivity index (χ3v) is 5.25. The molecule has 2 fully saturated rings. The second kappa shape index (κ2) is 6.92. The van der Waals surface area contributed by atoms with E-state index in [0.29, 0.717) is 32.1 Å². The summed E-state index contributed by atoms with van der Waals surface area (Å²) >= 11 is 0. The van der Waals surface area contributed by atoms with Crippen molar-refractivity contribution in [3.05, 3.63) is 35.0 Å². The lowest BCUT2D eigenvalue weighted by Gasteiger charge is -2.22. The fraction of sp³-hybridized carbons (Fsp3) is 0.444. The molecule has 1 amide bonds. The minimum Gasteiger partial charge on any atom is -0.507 e. The van der Waals surface area contributed by atoms with E-state index < -0.39 is 17.5 Å². The Labute approximate surface area is 159 Å². The van der Waals surface area contributed by atoms with Crippen LogP contribution in [0, 0.1) is 5.41 Å². The second-order valence-electron chi connectivity index (χ2n) is 7.32. The number of aromatic hydroxyl groups is 1. The molecule has 3 rings (SSSR count). The van der Waals surface area contributed by atoms with Gasteiger partial charge >= 0.3 is 6.18 Å². The average Bonchev–Trinajstić information content (AvgIpc) is 3.19. The van der Waals surface area contributed by atoms with Gasteiger partial charge in [0, 0.05) is 37.0 Å². The number of carbonyl (C=O) groups is 1. The normalized spacial score (nSPS) is 23.9. The van der Waals surface area contributed by atoms with Crippen molar-refractivity contribution in [1.29, 1.82) is 0 Å². The number of alkyl halides is 3. The van der Waals surface area contributed by atoms with Crippen LogP contribution in [0.2, 0.25) is 0 Å². The SMILES string of the molecule is C/C(N=C(N)N1CCC2(CNC(=O)C2)C1)=C(/N)c1ccc(C(F)(F)F)cc1O. The number of likely N-dealkylation sites (tertiary alicyclic amines) is 1. The first-order valence-corrected chi connectivity index (χ1v) is 8.73. The number of guanidine groups is 1. The molecule has 2 saturated heterocycles. The molecule has 2 heterocycles. The van der Waals surface area contributed by atoms with Crippen LogP contribution in [-0.2, 0) is 11.0 Å². The summed E-state index contributed by atoms with van der Waals surface area (Å²) in [5.74, 6) is -0.352. The molecule has 7 nitrogen and oxygen atoms in total. The molecular weight excluding hydrogens is 375 g/mol. The molecule has 28 heavy (non-hydrogen) atoms. The van der Waals surface area contributed by atoms with E-state index in [0.717, 1.165) is 18.6 Å². The Balaban J connectivity index is 1.79. The molecule has 1 aromatic carbocycles. The number of nitrogens with zero attached hydrogens (tertiary/aromatic N) is 2. The molecule has 1 unspecified atom stereocenters. The third-order valence-electron chi connectivity index (χ3n) is 5.25. The van der Waals surface area contributed by atoms with Crippen LogP contribution in [-0.4, -0.2) is 41.5 Å². The van der Waals surface area contributed by atoms with E-state index in [1.54, 1.807) is 6.92 Å². The fourth-order valence-corrected chi connectivity index (χ4v) is 3.60. The second-order valence-corrected chi connectivity index (χ2v) is 7.32. The van der Waals surface area contributed by atoms with Gasteiger partial charge in [0.05, 0.1) is 17.0 Å². The van der Waals surface area contributed by atoms with Crippen LogP contribution in [0.1, 0.15) is 30.9 Å². The summed E-state index contributed by atoms with van der Waals surface area (Å²) in [6.45, 7) is 3.39. The maximum Gasteiger partial charge on any atom is 0.416 e. The number of benzene rings is 1.